The minimum atomic E-state index is -0.338. The van der Waals surface area contributed by atoms with Crippen LogP contribution >= 0.6 is 11.6 Å². The van der Waals surface area contributed by atoms with Gasteiger partial charge in [0.2, 0.25) is 0 Å². The third-order valence-electron chi connectivity index (χ3n) is 3.46. The van der Waals surface area contributed by atoms with Crippen molar-refractivity contribution in [3.8, 4) is 22.8 Å². The molecule has 22 heavy (non-hydrogen) atoms. The second kappa shape index (κ2) is 5.85. The van der Waals surface area contributed by atoms with Gasteiger partial charge in [-0.25, -0.2) is 9.37 Å². The van der Waals surface area contributed by atoms with Crippen LogP contribution in [0.2, 0.25) is 0 Å². The molecule has 0 spiro atoms. The van der Waals surface area contributed by atoms with Crippen LogP contribution in [0.5, 0.6) is 11.5 Å². The highest BCUT2D eigenvalue weighted by molar-refractivity contribution is 6.17. The molecule has 0 N–H and O–H groups in total. The maximum Gasteiger partial charge on any atom is 0.161 e. The van der Waals surface area contributed by atoms with Crippen LogP contribution in [0.1, 0.15) is 5.69 Å². The molecule has 0 amide bonds. The van der Waals surface area contributed by atoms with E-state index in [-0.39, 0.29) is 11.7 Å². The highest BCUT2D eigenvalue weighted by atomic mass is 35.5. The number of halogens is 2. The summed E-state index contributed by atoms with van der Waals surface area (Å²) >= 11 is 6.05. The fraction of sp³-hybridized carbons (Fsp3) is 0.188. The molecule has 0 aliphatic rings. The predicted octanol–water partition coefficient (Wildman–Crippen LogP) is 3.90. The van der Waals surface area contributed by atoms with Gasteiger partial charge < -0.3 is 9.47 Å². The fourth-order valence-electron chi connectivity index (χ4n) is 2.41. The molecule has 0 aliphatic carbocycles. The Bertz CT molecular complexity index is 832. The van der Waals surface area contributed by atoms with E-state index in [0.717, 1.165) is 11.3 Å². The summed E-state index contributed by atoms with van der Waals surface area (Å²) in [6, 6.07) is 8.49. The highest BCUT2D eigenvalue weighted by Crippen LogP contribution is 2.34. The van der Waals surface area contributed by atoms with E-state index in [9.17, 15) is 4.39 Å². The number of imidazole rings is 1. The van der Waals surface area contributed by atoms with Crippen molar-refractivity contribution in [2.75, 3.05) is 14.2 Å². The molecule has 0 fully saturated rings. The number of fused-ring (bicyclic) bond motifs is 1. The summed E-state index contributed by atoms with van der Waals surface area (Å²) < 4.78 is 25.7. The van der Waals surface area contributed by atoms with E-state index in [1.807, 2.05) is 12.1 Å². The fourth-order valence-corrected chi connectivity index (χ4v) is 2.67. The Morgan fingerprint density at radius 2 is 1.91 bits per heavy atom. The van der Waals surface area contributed by atoms with Crippen LogP contribution < -0.4 is 9.47 Å². The summed E-state index contributed by atoms with van der Waals surface area (Å²) in [6.45, 7) is 0. The van der Waals surface area contributed by atoms with Gasteiger partial charge in [0.25, 0.3) is 0 Å². The van der Waals surface area contributed by atoms with Gasteiger partial charge in [-0.2, -0.15) is 0 Å². The number of benzene rings is 1. The van der Waals surface area contributed by atoms with Crippen molar-refractivity contribution < 1.29 is 13.9 Å². The van der Waals surface area contributed by atoms with Gasteiger partial charge in [-0.15, -0.1) is 11.6 Å². The zero-order valence-corrected chi connectivity index (χ0v) is 12.9. The van der Waals surface area contributed by atoms with Crippen LogP contribution in [0.3, 0.4) is 0 Å². The van der Waals surface area contributed by atoms with Gasteiger partial charge in [-0.05, 0) is 30.3 Å². The first kappa shape index (κ1) is 14.7. The number of pyridine rings is 1. The predicted molar refractivity (Wildman–Crippen MR) is 83.2 cm³/mol. The number of ether oxygens (including phenoxy) is 2. The number of methoxy groups -OCH3 is 2. The van der Waals surface area contributed by atoms with Gasteiger partial charge in [0.1, 0.15) is 11.5 Å². The summed E-state index contributed by atoms with van der Waals surface area (Å²) in [5, 5.41) is 0. The molecule has 114 valence electrons. The van der Waals surface area contributed by atoms with Gasteiger partial charge in [-0.3, -0.25) is 4.40 Å². The number of alkyl halides is 1. The van der Waals surface area contributed by atoms with Crippen molar-refractivity contribution in [3.05, 3.63) is 48.0 Å². The molecule has 0 unspecified atom stereocenters. The molecule has 6 heteroatoms. The molecule has 0 atom stereocenters. The number of hydrogen-bond acceptors (Lipinski definition) is 3. The minimum Gasteiger partial charge on any atom is -0.493 e. The highest BCUT2D eigenvalue weighted by Gasteiger charge is 2.15. The Kier molecular flexibility index (Phi) is 3.90. The van der Waals surface area contributed by atoms with E-state index in [4.69, 9.17) is 21.1 Å². The van der Waals surface area contributed by atoms with Crippen molar-refractivity contribution in [1.82, 2.24) is 9.38 Å². The first-order valence-corrected chi connectivity index (χ1v) is 7.16. The Morgan fingerprint density at radius 3 is 2.59 bits per heavy atom. The lowest BCUT2D eigenvalue weighted by Crippen LogP contribution is -1.94. The summed E-state index contributed by atoms with van der Waals surface area (Å²) in [7, 11) is 3.15. The van der Waals surface area contributed by atoms with Gasteiger partial charge in [0.15, 0.2) is 11.5 Å². The van der Waals surface area contributed by atoms with Gasteiger partial charge in [0.05, 0.1) is 31.5 Å². The average Bonchev–Trinajstić information content (AvgIpc) is 2.91. The van der Waals surface area contributed by atoms with Crippen LogP contribution in [-0.2, 0) is 5.88 Å². The monoisotopic (exact) mass is 320 g/mol. The molecule has 1 aromatic carbocycles. The number of aromatic nitrogens is 2. The quantitative estimate of drug-likeness (QED) is 0.684. The van der Waals surface area contributed by atoms with Crippen molar-refractivity contribution in [2.45, 2.75) is 5.88 Å². The zero-order chi connectivity index (χ0) is 15.7. The lowest BCUT2D eigenvalue weighted by Gasteiger charge is -2.09. The molecule has 0 saturated carbocycles. The maximum absolute atomic E-state index is 13.5. The topological polar surface area (TPSA) is 35.8 Å². The minimum absolute atomic E-state index is 0.217. The van der Waals surface area contributed by atoms with Crippen molar-refractivity contribution in [1.29, 1.82) is 0 Å². The van der Waals surface area contributed by atoms with E-state index in [0.29, 0.717) is 22.8 Å². The van der Waals surface area contributed by atoms with Crippen LogP contribution in [0.4, 0.5) is 4.39 Å². The number of hydrogen-bond donors (Lipinski definition) is 0. The number of rotatable bonds is 4. The Labute approximate surface area is 132 Å². The van der Waals surface area contributed by atoms with Crippen molar-refractivity contribution in [2.24, 2.45) is 0 Å². The molecule has 3 rings (SSSR count). The van der Waals surface area contributed by atoms with E-state index < -0.39 is 0 Å². The standard InChI is InChI=1S/C16H14ClFN2O2/c1-21-13-5-3-10(7-14(13)22-2)16-12(8-17)20-9-11(18)4-6-15(20)19-16/h3-7,9H,8H2,1-2H3. The van der Waals surface area contributed by atoms with E-state index >= 15 is 0 Å². The normalized spacial score (nSPS) is 10.9. The van der Waals surface area contributed by atoms with Gasteiger partial charge in [0, 0.05) is 11.8 Å². The van der Waals surface area contributed by atoms with E-state index in [1.54, 1.807) is 30.8 Å². The molecule has 0 aliphatic heterocycles. The molecule has 2 heterocycles. The smallest absolute Gasteiger partial charge is 0.161 e. The summed E-state index contributed by atoms with van der Waals surface area (Å²) in [5.74, 6) is 1.11. The molecule has 2 aromatic heterocycles. The van der Waals surface area contributed by atoms with Crippen molar-refractivity contribution in [3.63, 3.8) is 0 Å². The molecule has 4 nitrogen and oxygen atoms in total. The zero-order valence-electron chi connectivity index (χ0n) is 12.1. The molecule has 0 radical (unpaired) electrons. The average molecular weight is 321 g/mol. The third-order valence-corrected chi connectivity index (χ3v) is 3.72. The maximum atomic E-state index is 13.5. The lowest BCUT2D eigenvalue weighted by molar-refractivity contribution is 0.355. The molecular formula is C16H14ClFN2O2. The second-order valence-electron chi connectivity index (χ2n) is 4.69. The van der Waals surface area contributed by atoms with Crippen LogP contribution in [0, 0.1) is 5.82 Å². The van der Waals surface area contributed by atoms with Crippen LogP contribution in [0.15, 0.2) is 36.5 Å². The Balaban J connectivity index is 2.21. The summed E-state index contributed by atoms with van der Waals surface area (Å²) in [6.07, 6.45) is 1.38. The summed E-state index contributed by atoms with van der Waals surface area (Å²) in [4.78, 5) is 4.54. The van der Waals surface area contributed by atoms with Crippen molar-refractivity contribution >= 4 is 17.2 Å². The van der Waals surface area contributed by atoms with E-state index in [1.165, 1.54) is 12.3 Å². The molecule has 0 bridgehead atoms. The SMILES string of the molecule is COc1ccc(-c2nc3ccc(F)cn3c2CCl)cc1OC. The van der Waals surface area contributed by atoms with Crippen LogP contribution in [0.25, 0.3) is 16.9 Å². The Morgan fingerprint density at radius 1 is 1.14 bits per heavy atom. The van der Waals surface area contributed by atoms with Gasteiger partial charge >= 0.3 is 0 Å². The second-order valence-corrected chi connectivity index (χ2v) is 4.95. The molecule has 3 aromatic rings. The van der Waals surface area contributed by atoms with Gasteiger partial charge in [-0.1, -0.05) is 0 Å². The van der Waals surface area contributed by atoms with Crippen LogP contribution in [-0.4, -0.2) is 23.6 Å². The Hall–Kier alpha value is -2.27. The molecular weight excluding hydrogens is 307 g/mol. The first-order chi connectivity index (χ1) is 10.7. The number of nitrogens with zero attached hydrogens (tertiary/aromatic N) is 2. The largest absolute Gasteiger partial charge is 0.493 e. The molecule has 0 saturated heterocycles. The lowest BCUT2D eigenvalue weighted by atomic mass is 10.1. The van der Waals surface area contributed by atoms with E-state index in [2.05, 4.69) is 4.98 Å². The third kappa shape index (κ3) is 2.37. The summed E-state index contributed by atoms with van der Waals surface area (Å²) in [5.41, 5.74) is 2.89. The first-order valence-electron chi connectivity index (χ1n) is 6.62.